The summed E-state index contributed by atoms with van der Waals surface area (Å²) in [6.45, 7) is 16.0. The lowest BCUT2D eigenvalue weighted by atomic mass is 9.81. The molecule has 1 aliphatic rings. The Balaban J connectivity index is 1.82. The van der Waals surface area contributed by atoms with Crippen LogP contribution in [0.3, 0.4) is 0 Å². The average molecular weight is 475 g/mol. The van der Waals surface area contributed by atoms with Gasteiger partial charge in [-0.1, -0.05) is 76.6 Å². The van der Waals surface area contributed by atoms with Crippen LogP contribution in [0.15, 0.2) is 54.7 Å². The highest BCUT2D eigenvalue weighted by atomic mass is 16.5. The lowest BCUT2D eigenvalue weighted by Crippen LogP contribution is -2.32. The molecule has 36 heavy (non-hydrogen) atoms. The number of aromatic nitrogens is 1. The number of hydrogen-bond acceptors (Lipinski definition) is 1. The molecule has 2 heterocycles. The van der Waals surface area contributed by atoms with Crippen LogP contribution in [0.1, 0.15) is 62.8 Å². The Bertz CT molecular complexity index is 1720. The number of rotatable bonds is 2. The second-order valence-corrected chi connectivity index (χ2v) is 12.2. The molecule has 0 bridgehead atoms. The van der Waals surface area contributed by atoms with Crippen molar-refractivity contribution < 1.29 is 9.30 Å². The topological polar surface area (TPSA) is 13.1 Å². The normalized spacial score (nSPS) is 13.0. The van der Waals surface area contributed by atoms with E-state index in [2.05, 4.69) is 115 Å². The van der Waals surface area contributed by atoms with Crippen LogP contribution in [0.2, 0.25) is 0 Å². The Morgan fingerprint density at radius 3 is 2.39 bits per heavy atom. The molecular weight excluding hydrogens is 438 g/mol. The van der Waals surface area contributed by atoms with Gasteiger partial charge in [0, 0.05) is 17.0 Å². The van der Waals surface area contributed by atoms with E-state index in [0.29, 0.717) is 5.92 Å². The Morgan fingerprint density at radius 1 is 0.889 bits per heavy atom. The molecule has 4 aromatic carbocycles. The lowest BCUT2D eigenvalue weighted by Gasteiger charge is -2.28. The average Bonchev–Trinajstić information content (AvgIpc) is 2.81. The summed E-state index contributed by atoms with van der Waals surface area (Å²) in [6.07, 6.45) is 3.19. The zero-order valence-electron chi connectivity index (χ0n) is 22.8. The van der Waals surface area contributed by atoms with Crippen molar-refractivity contribution in [2.75, 3.05) is 0 Å². The number of pyridine rings is 1. The second-order valence-electron chi connectivity index (χ2n) is 12.2. The zero-order valence-corrected chi connectivity index (χ0v) is 22.8. The highest BCUT2D eigenvalue weighted by molar-refractivity contribution is 6.17. The molecule has 1 aliphatic heterocycles. The van der Waals surface area contributed by atoms with Gasteiger partial charge in [0.15, 0.2) is 6.20 Å². The van der Waals surface area contributed by atoms with E-state index in [9.17, 15) is 0 Å². The molecule has 0 N–H and O–H groups in total. The molecule has 0 spiro atoms. The summed E-state index contributed by atoms with van der Waals surface area (Å²) in [7, 11) is 2.18. The fourth-order valence-corrected chi connectivity index (χ4v) is 6.23. The van der Waals surface area contributed by atoms with E-state index >= 15 is 0 Å². The predicted octanol–water partition coefficient (Wildman–Crippen LogP) is 9.07. The van der Waals surface area contributed by atoms with Gasteiger partial charge in [-0.25, -0.2) is 4.57 Å². The third-order valence-corrected chi connectivity index (χ3v) is 7.81. The molecular formula is C34H36NO+. The molecule has 0 saturated carbocycles. The highest BCUT2D eigenvalue weighted by Gasteiger charge is 2.34. The molecule has 0 amide bonds. The van der Waals surface area contributed by atoms with E-state index in [1.54, 1.807) is 0 Å². The molecule has 2 nitrogen and oxygen atoms in total. The third kappa shape index (κ3) is 3.34. The van der Waals surface area contributed by atoms with Gasteiger partial charge in [-0.3, -0.25) is 0 Å². The molecule has 0 fully saturated rings. The van der Waals surface area contributed by atoms with Gasteiger partial charge in [-0.2, -0.15) is 0 Å². The van der Waals surface area contributed by atoms with Gasteiger partial charge in [-0.05, 0) is 70.3 Å². The molecule has 6 rings (SSSR count). The largest absolute Gasteiger partial charge is 0.455 e. The Labute approximate surface area is 214 Å². The van der Waals surface area contributed by atoms with E-state index in [-0.39, 0.29) is 5.41 Å². The summed E-state index contributed by atoms with van der Waals surface area (Å²) in [5.41, 5.74) is 7.94. The van der Waals surface area contributed by atoms with Crippen LogP contribution in [0.25, 0.3) is 43.6 Å². The van der Waals surface area contributed by atoms with Crippen LogP contribution in [0, 0.1) is 19.3 Å². The fraction of sp³-hybridized carbons (Fsp3) is 0.324. The van der Waals surface area contributed by atoms with E-state index in [1.165, 1.54) is 65.8 Å². The van der Waals surface area contributed by atoms with E-state index in [4.69, 9.17) is 4.74 Å². The van der Waals surface area contributed by atoms with Crippen LogP contribution in [-0.2, 0) is 13.5 Å². The molecule has 0 unspecified atom stereocenters. The summed E-state index contributed by atoms with van der Waals surface area (Å²) in [5, 5.41) is 7.76. The van der Waals surface area contributed by atoms with Gasteiger partial charge in [0.05, 0.1) is 10.9 Å². The number of fused-ring (bicyclic) bond motifs is 5. The van der Waals surface area contributed by atoms with Crippen molar-refractivity contribution in [1.29, 1.82) is 0 Å². The molecule has 0 atom stereocenters. The number of nitrogens with zero attached hydrogens (tertiary/aromatic N) is 1. The van der Waals surface area contributed by atoms with Gasteiger partial charge in [0.2, 0.25) is 5.69 Å². The van der Waals surface area contributed by atoms with Gasteiger partial charge in [0.1, 0.15) is 18.5 Å². The summed E-state index contributed by atoms with van der Waals surface area (Å²) in [5.74, 6) is 2.45. The van der Waals surface area contributed by atoms with Crippen molar-refractivity contribution >= 4 is 32.3 Å². The second kappa shape index (κ2) is 7.80. The summed E-state index contributed by atoms with van der Waals surface area (Å²) >= 11 is 0. The maximum atomic E-state index is 7.00. The number of benzene rings is 4. The van der Waals surface area contributed by atoms with Gasteiger partial charge >= 0.3 is 0 Å². The monoisotopic (exact) mass is 474 g/mol. The Morgan fingerprint density at radius 2 is 1.67 bits per heavy atom. The first-order valence-corrected chi connectivity index (χ1v) is 13.2. The first kappa shape index (κ1) is 23.0. The van der Waals surface area contributed by atoms with Gasteiger partial charge in [-0.15, -0.1) is 0 Å². The lowest BCUT2D eigenvalue weighted by molar-refractivity contribution is -0.659. The van der Waals surface area contributed by atoms with Crippen LogP contribution in [0.5, 0.6) is 11.5 Å². The Kier molecular flexibility index (Phi) is 4.99. The summed E-state index contributed by atoms with van der Waals surface area (Å²) < 4.78 is 9.29. The smallest absolute Gasteiger partial charge is 0.228 e. The highest BCUT2D eigenvalue weighted by Crippen LogP contribution is 2.53. The third-order valence-electron chi connectivity index (χ3n) is 7.81. The molecule has 5 aromatic rings. The minimum Gasteiger partial charge on any atom is -0.455 e. The van der Waals surface area contributed by atoms with Crippen molar-refractivity contribution in [3.8, 4) is 22.8 Å². The van der Waals surface area contributed by atoms with Crippen molar-refractivity contribution in [3.05, 3.63) is 77.0 Å². The number of ether oxygens (including phenoxy) is 1. The van der Waals surface area contributed by atoms with Crippen LogP contribution >= 0.6 is 0 Å². The quantitative estimate of drug-likeness (QED) is 0.180. The van der Waals surface area contributed by atoms with Crippen LogP contribution in [-0.4, -0.2) is 0 Å². The van der Waals surface area contributed by atoms with Crippen LogP contribution in [0.4, 0.5) is 0 Å². The SMILES string of the molecule is Cc1ccc2c(CC(C)(C)C)c3c(c(C)c2c1)-c1c2c(cc4cccc(C(C)C)c4c2cc[n+]1C)O3. The van der Waals surface area contributed by atoms with E-state index < -0.39 is 0 Å². The van der Waals surface area contributed by atoms with Crippen molar-refractivity contribution in [2.45, 2.75) is 60.8 Å². The molecule has 1 aromatic heterocycles. The molecule has 0 aliphatic carbocycles. The van der Waals surface area contributed by atoms with Crippen molar-refractivity contribution in [1.82, 2.24) is 0 Å². The Hall–Kier alpha value is -3.39. The van der Waals surface area contributed by atoms with Crippen LogP contribution < -0.4 is 9.30 Å². The molecule has 182 valence electrons. The zero-order chi connectivity index (χ0) is 25.5. The summed E-state index contributed by atoms with van der Waals surface area (Å²) in [4.78, 5) is 0. The minimum atomic E-state index is 0.133. The first-order valence-electron chi connectivity index (χ1n) is 13.2. The minimum absolute atomic E-state index is 0.133. The molecule has 0 saturated heterocycles. The molecule has 2 heteroatoms. The van der Waals surface area contributed by atoms with Gasteiger partial charge in [0.25, 0.3) is 0 Å². The maximum absolute atomic E-state index is 7.00. The predicted molar refractivity (Wildman–Crippen MR) is 152 cm³/mol. The van der Waals surface area contributed by atoms with Gasteiger partial charge < -0.3 is 4.74 Å². The van der Waals surface area contributed by atoms with Crippen molar-refractivity contribution in [2.24, 2.45) is 12.5 Å². The van der Waals surface area contributed by atoms with E-state index in [0.717, 1.165) is 17.9 Å². The number of hydrogen-bond donors (Lipinski definition) is 0. The number of aryl methyl sites for hydroxylation is 3. The summed E-state index contributed by atoms with van der Waals surface area (Å²) in [6, 6.07) is 18.1. The fourth-order valence-electron chi connectivity index (χ4n) is 6.23. The van der Waals surface area contributed by atoms with E-state index in [1.807, 2.05) is 0 Å². The molecule has 0 radical (unpaired) electrons. The standard InChI is InChI=1S/C34H36NO/c1-19(2)23-11-9-10-22-17-28-31-25(30(22)23)14-15-35(8)32(31)29-21(4)26-16-20(3)12-13-24(26)27(33(29)36-28)18-34(5,6)7/h9-17,19H,18H2,1-8H3/q+1. The maximum Gasteiger partial charge on any atom is 0.228 e. The van der Waals surface area contributed by atoms with Crippen molar-refractivity contribution in [3.63, 3.8) is 0 Å². The first-order chi connectivity index (χ1) is 17.0.